The SMILES string of the molecule is Cc1cccc2[nH]cc(CC(C)(C)O)c12. The summed E-state index contributed by atoms with van der Waals surface area (Å²) in [5.74, 6) is 0. The molecule has 0 amide bonds. The number of aromatic amines is 1. The lowest BCUT2D eigenvalue weighted by molar-refractivity contribution is 0.0813. The Bertz CT molecular complexity index is 477. The lowest BCUT2D eigenvalue weighted by Crippen LogP contribution is -2.21. The first-order valence-electron chi connectivity index (χ1n) is 5.25. The van der Waals surface area contributed by atoms with Crippen molar-refractivity contribution in [1.29, 1.82) is 0 Å². The number of aryl methyl sites for hydroxylation is 1. The Kier molecular flexibility index (Phi) is 2.31. The molecule has 0 unspecified atom stereocenters. The van der Waals surface area contributed by atoms with Crippen molar-refractivity contribution in [1.82, 2.24) is 4.98 Å². The Balaban J connectivity index is 2.53. The molecule has 0 aliphatic rings. The Labute approximate surface area is 89.9 Å². The molecule has 0 spiro atoms. The van der Waals surface area contributed by atoms with Gasteiger partial charge >= 0.3 is 0 Å². The minimum Gasteiger partial charge on any atom is -0.390 e. The Morgan fingerprint density at radius 1 is 1.33 bits per heavy atom. The van der Waals surface area contributed by atoms with E-state index >= 15 is 0 Å². The van der Waals surface area contributed by atoms with Gasteiger partial charge in [0, 0.05) is 23.5 Å². The van der Waals surface area contributed by atoms with Crippen LogP contribution in [0.1, 0.15) is 25.0 Å². The van der Waals surface area contributed by atoms with Crippen LogP contribution in [0.4, 0.5) is 0 Å². The fourth-order valence-corrected chi connectivity index (χ4v) is 2.06. The van der Waals surface area contributed by atoms with Crippen LogP contribution in [0.2, 0.25) is 0 Å². The van der Waals surface area contributed by atoms with Crippen molar-refractivity contribution in [3.8, 4) is 0 Å². The standard InChI is InChI=1S/C13H17NO/c1-9-5-4-6-11-12(9)10(8-14-11)7-13(2,3)15/h4-6,8,14-15H,7H2,1-3H3. The number of aromatic nitrogens is 1. The van der Waals surface area contributed by atoms with Crippen LogP contribution in [0, 0.1) is 6.92 Å². The maximum absolute atomic E-state index is 9.83. The van der Waals surface area contributed by atoms with Gasteiger partial charge in [-0.05, 0) is 38.0 Å². The van der Waals surface area contributed by atoms with Gasteiger partial charge in [-0.15, -0.1) is 0 Å². The van der Waals surface area contributed by atoms with Gasteiger partial charge in [-0.1, -0.05) is 12.1 Å². The number of benzene rings is 1. The van der Waals surface area contributed by atoms with Crippen LogP contribution in [-0.4, -0.2) is 15.7 Å². The highest BCUT2D eigenvalue weighted by Crippen LogP contribution is 2.25. The Morgan fingerprint density at radius 2 is 2.07 bits per heavy atom. The van der Waals surface area contributed by atoms with E-state index in [0.717, 1.165) is 5.52 Å². The van der Waals surface area contributed by atoms with E-state index in [-0.39, 0.29) is 0 Å². The molecule has 0 saturated carbocycles. The number of nitrogens with one attached hydrogen (secondary N) is 1. The van der Waals surface area contributed by atoms with Crippen LogP contribution < -0.4 is 0 Å². The zero-order valence-corrected chi connectivity index (χ0v) is 9.46. The summed E-state index contributed by atoms with van der Waals surface area (Å²) in [7, 11) is 0. The van der Waals surface area contributed by atoms with Crippen LogP contribution in [0.15, 0.2) is 24.4 Å². The second-order valence-corrected chi connectivity index (χ2v) is 4.80. The molecule has 15 heavy (non-hydrogen) atoms. The highest BCUT2D eigenvalue weighted by Gasteiger charge is 2.16. The normalized spacial score (nSPS) is 12.3. The van der Waals surface area contributed by atoms with Crippen molar-refractivity contribution < 1.29 is 5.11 Å². The Morgan fingerprint density at radius 3 is 2.73 bits per heavy atom. The number of hydrogen-bond acceptors (Lipinski definition) is 1. The third kappa shape index (κ3) is 2.05. The van der Waals surface area contributed by atoms with Crippen molar-refractivity contribution in [2.24, 2.45) is 0 Å². The molecule has 2 N–H and O–H groups in total. The lowest BCUT2D eigenvalue weighted by Gasteiger charge is -2.16. The van der Waals surface area contributed by atoms with E-state index in [0.29, 0.717) is 6.42 Å². The fourth-order valence-electron chi connectivity index (χ4n) is 2.06. The van der Waals surface area contributed by atoms with E-state index in [2.05, 4.69) is 24.0 Å². The summed E-state index contributed by atoms with van der Waals surface area (Å²) in [6, 6.07) is 6.21. The minimum atomic E-state index is -0.655. The van der Waals surface area contributed by atoms with Gasteiger partial charge in [0.05, 0.1) is 5.60 Å². The summed E-state index contributed by atoms with van der Waals surface area (Å²) in [4.78, 5) is 3.24. The summed E-state index contributed by atoms with van der Waals surface area (Å²) >= 11 is 0. The molecule has 2 heteroatoms. The molecule has 0 saturated heterocycles. The van der Waals surface area contributed by atoms with Gasteiger partial charge in [0.15, 0.2) is 0 Å². The topological polar surface area (TPSA) is 36.0 Å². The molecule has 0 atom stereocenters. The highest BCUT2D eigenvalue weighted by molar-refractivity contribution is 5.86. The highest BCUT2D eigenvalue weighted by atomic mass is 16.3. The van der Waals surface area contributed by atoms with E-state index in [1.807, 2.05) is 26.1 Å². The second kappa shape index (κ2) is 3.38. The molecular formula is C13H17NO. The van der Waals surface area contributed by atoms with Gasteiger partial charge in [-0.25, -0.2) is 0 Å². The number of hydrogen-bond donors (Lipinski definition) is 2. The second-order valence-electron chi connectivity index (χ2n) is 4.80. The predicted octanol–water partition coefficient (Wildman–Crippen LogP) is 2.79. The van der Waals surface area contributed by atoms with Crippen molar-refractivity contribution >= 4 is 10.9 Å². The minimum absolute atomic E-state index is 0.655. The molecule has 1 heterocycles. The lowest BCUT2D eigenvalue weighted by atomic mass is 9.97. The number of fused-ring (bicyclic) bond motifs is 1. The number of H-pyrrole nitrogens is 1. The van der Waals surface area contributed by atoms with Crippen molar-refractivity contribution in [2.45, 2.75) is 32.8 Å². The first-order valence-corrected chi connectivity index (χ1v) is 5.25. The molecular weight excluding hydrogens is 186 g/mol. The van der Waals surface area contributed by atoms with Crippen LogP contribution in [0.3, 0.4) is 0 Å². The maximum atomic E-state index is 9.83. The van der Waals surface area contributed by atoms with Crippen LogP contribution in [0.5, 0.6) is 0 Å². The first-order chi connectivity index (χ1) is 6.97. The molecule has 2 nitrogen and oxygen atoms in total. The summed E-state index contributed by atoms with van der Waals surface area (Å²) in [6.07, 6.45) is 2.67. The van der Waals surface area contributed by atoms with E-state index in [1.165, 1.54) is 16.5 Å². The summed E-state index contributed by atoms with van der Waals surface area (Å²) in [6.45, 7) is 5.78. The van der Waals surface area contributed by atoms with Gasteiger partial charge in [0.1, 0.15) is 0 Å². The fraction of sp³-hybridized carbons (Fsp3) is 0.385. The zero-order chi connectivity index (χ0) is 11.1. The van der Waals surface area contributed by atoms with Crippen LogP contribution in [0.25, 0.3) is 10.9 Å². The van der Waals surface area contributed by atoms with Crippen molar-refractivity contribution in [2.75, 3.05) is 0 Å². The van der Waals surface area contributed by atoms with Gasteiger partial charge in [-0.2, -0.15) is 0 Å². The first kappa shape index (κ1) is 10.2. The molecule has 0 bridgehead atoms. The zero-order valence-electron chi connectivity index (χ0n) is 9.46. The summed E-state index contributed by atoms with van der Waals surface area (Å²) in [5, 5.41) is 11.1. The van der Waals surface area contributed by atoms with Crippen molar-refractivity contribution in [3.05, 3.63) is 35.5 Å². The smallest absolute Gasteiger partial charge is 0.0632 e. The largest absolute Gasteiger partial charge is 0.390 e. The summed E-state index contributed by atoms with van der Waals surface area (Å²) in [5.41, 5.74) is 2.94. The molecule has 1 aromatic heterocycles. The maximum Gasteiger partial charge on any atom is 0.0632 e. The van der Waals surface area contributed by atoms with E-state index in [4.69, 9.17) is 0 Å². The predicted molar refractivity (Wildman–Crippen MR) is 63.0 cm³/mol. The monoisotopic (exact) mass is 203 g/mol. The molecule has 2 aromatic rings. The van der Waals surface area contributed by atoms with Crippen molar-refractivity contribution in [3.63, 3.8) is 0 Å². The molecule has 0 radical (unpaired) electrons. The third-order valence-corrected chi connectivity index (χ3v) is 2.62. The van der Waals surface area contributed by atoms with Gasteiger partial charge in [-0.3, -0.25) is 0 Å². The molecule has 80 valence electrons. The quantitative estimate of drug-likeness (QED) is 0.773. The molecule has 1 aromatic carbocycles. The summed E-state index contributed by atoms with van der Waals surface area (Å²) < 4.78 is 0. The number of aliphatic hydroxyl groups is 1. The molecule has 2 rings (SSSR count). The van der Waals surface area contributed by atoms with Crippen LogP contribution in [-0.2, 0) is 6.42 Å². The number of rotatable bonds is 2. The molecule has 0 fully saturated rings. The molecule has 0 aliphatic carbocycles. The Hall–Kier alpha value is -1.28. The van der Waals surface area contributed by atoms with Gasteiger partial charge in [0.2, 0.25) is 0 Å². The van der Waals surface area contributed by atoms with E-state index < -0.39 is 5.60 Å². The molecule has 0 aliphatic heterocycles. The average molecular weight is 203 g/mol. The van der Waals surface area contributed by atoms with Gasteiger partial charge in [0.25, 0.3) is 0 Å². The van der Waals surface area contributed by atoms with E-state index in [1.54, 1.807) is 0 Å². The third-order valence-electron chi connectivity index (χ3n) is 2.62. The van der Waals surface area contributed by atoms with Gasteiger partial charge < -0.3 is 10.1 Å². The van der Waals surface area contributed by atoms with Crippen LogP contribution >= 0.6 is 0 Å². The average Bonchev–Trinajstić information content (AvgIpc) is 2.47. The van der Waals surface area contributed by atoms with E-state index in [9.17, 15) is 5.11 Å².